The van der Waals surface area contributed by atoms with Crippen LogP contribution < -0.4 is 0 Å². The lowest BCUT2D eigenvalue weighted by Gasteiger charge is -2.24. The molecule has 80 valence electrons. The van der Waals surface area contributed by atoms with Gasteiger partial charge in [0.2, 0.25) is 0 Å². The van der Waals surface area contributed by atoms with Gasteiger partial charge in [0.15, 0.2) is 0 Å². The van der Waals surface area contributed by atoms with Crippen molar-refractivity contribution in [3.63, 3.8) is 0 Å². The van der Waals surface area contributed by atoms with Gasteiger partial charge in [0.25, 0.3) is 0 Å². The van der Waals surface area contributed by atoms with Crippen molar-refractivity contribution < 1.29 is 0 Å². The molecule has 2 aromatic rings. The molecule has 2 nitrogen and oxygen atoms in total. The zero-order chi connectivity index (χ0) is 10.9. The van der Waals surface area contributed by atoms with E-state index in [0.29, 0.717) is 0 Å². The van der Waals surface area contributed by atoms with Crippen LogP contribution in [0.3, 0.4) is 0 Å². The number of rotatable bonds is 3. The second-order valence-electron chi connectivity index (χ2n) is 4.77. The third-order valence-electron chi connectivity index (χ3n) is 3.08. The summed E-state index contributed by atoms with van der Waals surface area (Å²) >= 11 is 0. The molecular weight excluding hydrogens is 184 g/mol. The molecule has 1 N–H and O–H groups in total. The number of aromatic nitrogens is 2. The largest absolute Gasteiger partial charge is 0.345 e. The summed E-state index contributed by atoms with van der Waals surface area (Å²) in [4.78, 5) is 7.40. The Bertz CT molecular complexity index is 454. The Balaban J connectivity index is 2.42. The van der Waals surface area contributed by atoms with E-state index < -0.39 is 0 Å². The molecule has 1 heterocycles. The van der Waals surface area contributed by atoms with Crippen molar-refractivity contribution in [2.75, 3.05) is 0 Å². The van der Waals surface area contributed by atoms with Gasteiger partial charge in [-0.3, -0.25) is 0 Å². The van der Waals surface area contributed by atoms with Crippen molar-refractivity contribution >= 4 is 11.0 Å². The minimum absolute atomic E-state index is 0.258. The van der Waals surface area contributed by atoms with Crippen LogP contribution in [-0.2, 0) is 5.41 Å². The Labute approximate surface area is 90.7 Å². The normalized spacial score (nSPS) is 12.2. The average molecular weight is 202 g/mol. The van der Waals surface area contributed by atoms with Gasteiger partial charge in [-0.25, -0.2) is 4.98 Å². The Morgan fingerprint density at radius 3 is 2.87 bits per heavy atom. The molecule has 0 amide bonds. The smallest absolute Gasteiger partial charge is 0.0931 e. The molecule has 0 atom stereocenters. The number of nitrogens with one attached hydrogen (secondary N) is 1. The van der Waals surface area contributed by atoms with E-state index in [4.69, 9.17) is 0 Å². The van der Waals surface area contributed by atoms with Gasteiger partial charge >= 0.3 is 0 Å². The molecule has 0 aliphatic heterocycles. The van der Waals surface area contributed by atoms with Crippen LogP contribution in [0.2, 0.25) is 0 Å². The van der Waals surface area contributed by atoms with E-state index in [1.807, 2.05) is 0 Å². The Morgan fingerprint density at radius 1 is 1.33 bits per heavy atom. The van der Waals surface area contributed by atoms with Crippen molar-refractivity contribution in [1.29, 1.82) is 0 Å². The maximum atomic E-state index is 4.23. The van der Waals surface area contributed by atoms with E-state index >= 15 is 0 Å². The molecule has 0 saturated heterocycles. The molecule has 0 unspecified atom stereocenters. The summed E-state index contributed by atoms with van der Waals surface area (Å²) in [5.41, 5.74) is 3.83. The summed E-state index contributed by atoms with van der Waals surface area (Å²) in [7, 11) is 0. The van der Waals surface area contributed by atoms with Crippen LogP contribution in [0.4, 0.5) is 0 Å². The fraction of sp³-hybridized carbons (Fsp3) is 0.462. The van der Waals surface area contributed by atoms with Crippen LogP contribution in [0.15, 0.2) is 24.5 Å². The number of H-pyrrole nitrogens is 1. The molecule has 15 heavy (non-hydrogen) atoms. The van der Waals surface area contributed by atoms with Gasteiger partial charge in [0.1, 0.15) is 0 Å². The SMILES string of the molecule is CCCC(C)(C)c1ccc2nc[nH]c2c1. The molecule has 2 rings (SSSR count). The predicted molar refractivity (Wildman–Crippen MR) is 64.0 cm³/mol. The first-order chi connectivity index (χ1) is 7.13. The molecule has 1 aromatic carbocycles. The standard InChI is InChI=1S/C13H18N2/c1-4-7-13(2,3)10-5-6-11-12(8-10)15-9-14-11/h5-6,8-9H,4,7H2,1-3H3,(H,14,15). The number of benzene rings is 1. The van der Waals surface area contributed by atoms with Gasteiger partial charge in [-0.2, -0.15) is 0 Å². The first kappa shape index (κ1) is 10.2. The van der Waals surface area contributed by atoms with Gasteiger partial charge < -0.3 is 4.98 Å². The molecule has 0 saturated carbocycles. The second-order valence-corrected chi connectivity index (χ2v) is 4.77. The molecule has 0 aliphatic rings. The number of imidazole rings is 1. The van der Waals surface area contributed by atoms with Crippen LogP contribution >= 0.6 is 0 Å². The first-order valence-corrected chi connectivity index (χ1v) is 5.57. The van der Waals surface area contributed by atoms with Crippen LogP contribution in [0.1, 0.15) is 39.2 Å². The highest BCUT2D eigenvalue weighted by atomic mass is 14.9. The molecule has 1 aromatic heterocycles. The maximum Gasteiger partial charge on any atom is 0.0931 e. The quantitative estimate of drug-likeness (QED) is 0.808. The fourth-order valence-electron chi connectivity index (χ4n) is 2.13. The fourth-order valence-corrected chi connectivity index (χ4v) is 2.13. The lowest BCUT2D eigenvalue weighted by atomic mass is 9.80. The van der Waals surface area contributed by atoms with Gasteiger partial charge in [0, 0.05) is 0 Å². The second kappa shape index (κ2) is 3.69. The number of hydrogen-bond acceptors (Lipinski definition) is 1. The third-order valence-corrected chi connectivity index (χ3v) is 3.08. The monoisotopic (exact) mass is 202 g/mol. The van der Waals surface area contributed by atoms with E-state index in [9.17, 15) is 0 Å². The Morgan fingerprint density at radius 2 is 2.13 bits per heavy atom. The zero-order valence-electron chi connectivity index (χ0n) is 9.67. The van der Waals surface area contributed by atoms with Gasteiger partial charge in [-0.1, -0.05) is 33.3 Å². The highest BCUT2D eigenvalue weighted by Crippen LogP contribution is 2.29. The van der Waals surface area contributed by atoms with E-state index in [1.165, 1.54) is 18.4 Å². The Kier molecular flexibility index (Phi) is 2.51. The molecule has 0 aliphatic carbocycles. The minimum atomic E-state index is 0.258. The minimum Gasteiger partial charge on any atom is -0.345 e. The highest BCUT2D eigenvalue weighted by Gasteiger charge is 2.19. The summed E-state index contributed by atoms with van der Waals surface area (Å²) in [5, 5.41) is 0. The third kappa shape index (κ3) is 1.89. The summed E-state index contributed by atoms with van der Waals surface area (Å²) < 4.78 is 0. The van der Waals surface area contributed by atoms with E-state index in [0.717, 1.165) is 11.0 Å². The number of aromatic amines is 1. The number of fused-ring (bicyclic) bond motifs is 1. The summed E-state index contributed by atoms with van der Waals surface area (Å²) in [6, 6.07) is 6.51. The molecular formula is C13H18N2. The molecule has 0 bridgehead atoms. The van der Waals surface area contributed by atoms with Crippen LogP contribution in [0.25, 0.3) is 11.0 Å². The van der Waals surface area contributed by atoms with Crippen molar-refractivity contribution in [3.8, 4) is 0 Å². The summed E-state index contributed by atoms with van der Waals surface area (Å²) in [6.07, 6.45) is 4.18. The molecule has 0 fully saturated rings. The van der Waals surface area contributed by atoms with Gasteiger partial charge in [0.05, 0.1) is 17.4 Å². The number of hydrogen-bond donors (Lipinski definition) is 1. The van der Waals surface area contributed by atoms with Crippen LogP contribution in [0, 0.1) is 0 Å². The van der Waals surface area contributed by atoms with E-state index in [2.05, 4.69) is 48.9 Å². The zero-order valence-corrected chi connectivity index (χ0v) is 9.67. The van der Waals surface area contributed by atoms with Crippen LogP contribution in [0.5, 0.6) is 0 Å². The Hall–Kier alpha value is -1.31. The van der Waals surface area contributed by atoms with E-state index in [-0.39, 0.29) is 5.41 Å². The number of nitrogens with zero attached hydrogens (tertiary/aromatic N) is 1. The lowest BCUT2D eigenvalue weighted by molar-refractivity contribution is 0.473. The van der Waals surface area contributed by atoms with Gasteiger partial charge in [-0.05, 0) is 29.5 Å². The lowest BCUT2D eigenvalue weighted by Crippen LogP contribution is -2.16. The highest BCUT2D eigenvalue weighted by molar-refractivity contribution is 5.75. The first-order valence-electron chi connectivity index (χ1n) is 5.57. The van der Waals surface area contributed by atoms with Crippen molar-refractivity contribution in [3.05, 3.63) is 30.1 Å². The summed E-state index contributed by atoms with van der Waals surface area (Å²) in [6.45, 7) is 6.83. The average Bonchev–Trinajstić information content (AvgIpc) is 2.63. The van der Waals surface area contributed by atoms with Crippen molar-refractivity contribution in [2.24, 2.45) is 0 Å². The van der Waals surface area contributed by atoms with Crippen LogP contribution in [-0.4, -0.2) is 9.97 Å². The topological polar surface area (TPSA) is 28.7 Å². The molecule has 2 heteroatoms. The van der Waals surface area contributed by atoms with Gasteiger partial charge in [-0.15, -0.1) is 0 Å². The van der Waals surface area contributed by atoms with Crippen molar-refractivity contribution in [2.45, 2.75) is 39.0 Å². The molecule has 0 radical (unpaired) electrons. The summed E-state index contributed by atoms with van der Waals surface area (Å²) in [5.74, 6) is 0. The maximum absolute atomic E-state index is 4.23. The van der Waals surface area contributed by atoms with E-state index in [1.54, 1.807) is 6.33 Å². The molecule has 0 spiro atoms. The van der Waals surface area contributed by atoms with Crippen molar-refractivity contribution in [1.82, 2.24) is 9.97 Å². The predicted octanol–water partition coefficient (Wildman–Crippen LogP) is 3.64.